The monoisotopic (exact) mass is 258 g/mol. The minimum absolute atomic E-state index is 0.386. The number of benzene rings is 1. The number of aromatic nitrogens is 1. The first kappa shape index (κ1) is 12.7. The highest BCUT2D eigenvalue weighted by Crippen LogP contribution is 2.28. The molecule has 0 aliphatic carbocycles. The van der Waals surface area contributed by atoms with Crippen molar-refractivity contribution in [3.8, 4) is 0 Å². The van der Waals surface area contributed by atoms with E-state index in [9.17, 15) is 5.11 Å². The van der Waals surface area contributed by atoms with Crippen LogP contribution in [0.5, 0.6) is 0 Å². The summed E-state index contributed by atoms with van der Waals surface area (Å²) in [4.78, 5) is 5.90. The van der Waals surface area contributed by atoms with Crippen LogP contribution in [0.2, 0.25) is 0 Å². The van der Waals surface area contributed by atoms with Crippen molar-refractivity contribution in [1.29, 1.82) is 0 Å². The molecule has 1 fully saturated rings. The van der Waals surface area contributed by atoms with Gasteiger partial charge in [-0.2, -0.15) is 0 Å². The zero-order valence-electron chi connectivity index (χ0n) is 11.7. The molecule has 2 heterocycles. The Balaban J connectivity index is 1.69. The second-order valence-corrected chi connectivity index (χ2v) is 6.26. The van der Waals surface area contributed by atoms with E-state index >= 15 is 0 Å². The van der Waals surface area contributed by atoms with Crippen molar-refractivity contribution in [3.05, 3.63) is 36.0 Å². The minimum Gasteiger partial charge on any atom is -0.390 e. The molecule has 0 saturated carbocycles. The second kappa shape index (κ2) is 4.66. The molecule has 0 spiro atoms. The molecule has 19 heavy (non-hydrogen) atoms. The molecule has 3 rings (SSSR count). The maximum atomic E-state index is 10.1. The highest BCUT2D eigenvalue weighted by Gasteiger charge is 2.33. The molecule has 2 aromatic rings. The Labute approximate surface area is 114 Å². The standard InChI is InChI=1S/C16H22N2O/c1-16(2,19)13-7-8-18(10-13)11-14-9-12-5-3-4-6-15(12)17-14/h3-6,9,13,17,19H,7-8,10-11H2,1-2H3. The number of aromatic amines is 1. The largest absolute Gasteiger partial charge is 0.390 e. The smallest absolute Gasteiger partial charge is 0.0632 e. The number of hydrogen-bond acceptors (Lipinski definition) is 2. The number of para-hydroxylation sites is 1. The van der Waals surface area contributed by atoms with Gasteiger partial charge in [-0.05, 0) is 44.3 Å². The van der Waals surface area contributed by atoms with Gasteiger partial charge in [-0.1, -0.05) is 18.2 Å². The van der Waals surface area contributed by atoms with E-state index in [0.29, 0.717) is 5.92 Å². The van der Waals surface area contributed by atoms with E-state index in [4.69, 9.17) is 0 Å². The lowest BCUT2D eigenvalue weighted by Crippen LogP contribution is -2.33. The van der Waals surface area contributed by atoms with Crippen LogP contribution in [0.1, 0.15) is 26.0 Å². The number of likely N-dealkylation sites (tertiary alicyclic amines) is 1. The van der Waals surface area contributed by atoms with Gasteiger partial charge in [-0.3, -0.25) is 4.90 Å². The lowest BCUT2D eigenvalue weighted by molar-refractivity contribution is 0.0207. The average Bonchev–Trinajstić information content (AvgIpc) is 2.94. The zero-order valence-corrected chi connectivity index (χ0v) is 11.7. The molecular weight excluding hydrogens is 236 g/mol. The zero-order chi connectivity index (χ0) is 13.5. The van der Waals surface area contributed by atoms with Crippen molar-refractivity contribution in [2.45, 2.75) is 32.4 Å². The first-order valence-corrected chi connectivity index (χ1v) is 7.04. The van der Waals surface area contributed by atoms with Crippen molar-refractivity contribution in [1.82, 2.24) is 9.88 Å². The summed E-state index contributed by atoms with van der Waals surface area (Å²) in [6.07, 6.45) is 1.09. The molecule has 0 bridgehead atoms. The lowest BCUT2D eigenvalue weighted by Gasteiger charge is -2.25. The Morgan fingerprint density at radius 1 is 1.37 bits per heavy atom. The predicted molar refractivity (Wildman–Crippen MR) is 78.0 cm³/mol. The Morgan fingerprint density at radius 2 is 2.16 bits per heavy atom. The summed E-state index contributed by atoms with van der Waals surface area (Å²) in [5.74, 6) is 0.386. The lowest BCUT2D eigenvalue weighted by atomic mass is 9.90. The number of fused-ring (bicyclic) bond motifs is 1. The van der Waals surface area contributed by atoms with E-state index in [1.54, 1.807) is 0 Å². The van der Waals surface area contributed by atoms with Gasteiger partial charge in [0.15, 0.2) is 0 Å². The number of rotatable bonds is 3. The van der Waals surface area contributed by atoms with Crippen LogP contribution in [0.4, 0.5) is 0 Å². The van der Waals surface area contributed by atoms with Crippen LogP contribution in [-0.2, 0) is 6.54 Å². The van der Waals surface area contributed by atoms with Gasteiger partial charge in [0.2, 0.25) is 0 Å². The normalized spacial score (nSPS) is 21.3. The second-order valence-electron chi connectivity index (χ2n) is 6.26. The Kier molecular flexibility index (Phi) is 3.11. The van der Waals surface area contributed by atoms with Crippen molar-refractivity contribution >= 4 is 10.9 Å². The van der Waals surface area contributed by atoms with Crippen LogP contribution in [0.25, 0.3) is 10.9 Å². The molecule has 1 atom stereocenters. The molecule has 1 aliphatic heterocycles. The van der Waals surface area contributed by atoms with E-state index in [1.807, 2.05) is 13.8 Å². The topological polar surface area (TPSA) is 39.3 Å². The van der Waals surface area contributed by atoms with Crippen LogP contribution in [0, 0.1) is 5.92 Å². The van der Waals surface area contributed by atoms with Gasteiger partial charge in [0.05, 0.1) is 5.60 Å². The molecule has 1 unspecified atom stereocenters. The van der Waals surface area contributed by atoms with Crippen LogP contribution in [0.3, 0.4) is 0 Å². The maximum Gasteiger partial charge on any atom is 0.0632 e. The molecule has 2 N–H and O–H groups in total. The van der Waals surface area contributed by atoms with Crippen molar-refractivity contribution in [2.75, 3.05) is 13.1 Å². The summed E-state index contributed by atoms with van der Waals surface area (Å²) in [7, 11) is 0. The summed E-state index contributed by atoms with van der Waals surface area (Å²) in [6, 6.07) is 10.6. The van der Waals surface area contributed by atoms with Crippen LogP contribution in [0.15, 0.2) is 30.3 Å². The molecule has 1 saturated heterocycles. The molecule has 1 aromatic carbocycles. The van der Waals surface area contributed by atoms with Crippen molar-refractivity contribution in [3.63, 3.8) is 0 Å². The third kappa shape index (κ3) is 2.67. The molecule has 3 heteroatoms. The van der Waals surface area contributed by atoms with Crippen LogP contribution < -0.4 is 0 Å². The molecule has 102 valence electrons. The summed E-state index contributed by atoms with van der Waals surface area (Å²) < 4.78 is 0. The van der Waals surface area contributed by atoms with Crippen LogP contribution >= 0.6 is 0 Å². The fraction of sp³-hybridized carbons (Fsp3) is 0.500. The first-order chi connectivity index (χ1) is 9.02. The van der Waals surface area contributed by atoms with E-state index in [2.05, 4.69) is 40.2 Å². The first-order valence-electron chi connectivity index (χ1n) is 7.04. The van der Waals surface area contributed by atoms with Crippen molar-refractivity contribution < 1.29 is 5.11 Å². The molecular formula is C16H22N2O. The summed E-state index contributed by atoms with van der Waals surface area (Å²) in [6.45, 7) is 6.85. The van der Waals surface area contributed by atoms with E-state index in [1.165, 1.54) is 16.6 Å². The van der Waals surface area contributed by atoms with Gasteiger partial charge in [-0.25, -0.2) is 0 Å². The SMILES string of the molecule is CC(C)(O)C1CCN(Cc2cc3ccccc3[nH]2)C1. The van der Waals surface area contributed by atoms with Gasteiger partial charge in [0, 0.05) is 30.2 Å². The third-order valence-electron chi connectivity index (χ3n) is 4.25. The number of hydrogen-bond donors (Lipinski definition) is 2. The predicted octanol–water partition coefficient (Wildman–Crippen LogP) is 2.76. The van der Waals surface area contributed by atoms with Crippen LogP contribution in [-0.4, -0.2) is 33.7 Å². The average molecular weight is 258 g/mol. The fourth-order valence-electron chi connectivity index (χ4n) is 3.01. The minimum atomic E-state index is -0.560. The van der Waals surface area contributed by atoms with Gasteiger partial charge >= 0.3 is 0 Å². The highest BCUT2D eigenvalue weighted by molar-refractivity contribution is 5.80. The maximum absolute atomic E-state index is 10.1. The number of H-pyrrole nitrogens is 1. The molecule has 3 nitrogen and oxygen atoms in total. The van der Waals surface area contributed by atoms with E-state index < -0.39 is 5.60 Å². The Hall–Kier alpha value is -1.32. The molecule has 0 radical (unpaired) electrons. The van der Waals surface area contributed by atoms with E-state index in [-0.39, 0.29) is 0 Å². The molecule has 1 aliphatic rings. The third-order valence-corrected chi connectivity index (χ3v) is 4.25. The van der Waals surface area contributed by atoms with Gasteiger partial charge < -0.3 is 10.1 Å². The summed E-state index contributed by atoms with van der Waals surface area (Å²) >= 11 is 0. The Bertz CT molecular complexity index is 534. The quantitative estimate of drug-likeness (QED) is 0.888. The summed E-state index contributed by atoms with van der Waals surface area (Å²) in [5, 5.41) is 11.4. The summed E-state index contributed by atoms with van der Waals surface area (Å²) in [5.41, 5.74) is 1.91. The highest BCUT2D eigenvalue weighted by atomic mass is 16.3. The molecule has 0 amide bonds. The Morgan fingerprint density at radius 3 is 2.84 bits per heavy atom. The van der Waals surface area contributed by atoms with E-state index in [0.717, 1.165) is 26.1 Å². The number of nitrogens with one attached hydrogen (secondary N) is 1. The molecule has 1 aromatic heterocycles. The van der Waals surface area contributed by atoms with Gasteiger partial charge in [0.25, 0.3) is 0 Å². The fourth-order valence-corrected chi connectivity index (χ4v) is 3.01. The van der Waals surface area contributed by atoms with Gasteiger partial charge in [0.1, 0.15) is 0 Å². The van der Waals surface area contributed by atoms with Gasteiger partial charge in [-0.15, -0.1) is 0 Å². The van der Waals surface area contributed by atoms with Crippen molar-refractivity contribution in [2.24, 2.45) is 5.92 Å². The number of nitrogens with zero attached hydrogens (tertiary/aromatic N) is 1. The number of aliphatic hydroxyl groups is 1.